The number of amides is 1. The fourth-order valence-electron chi connectivity index (χ4n) is 3.59. The van der Waals surface area contributed by atoms with Crippen molar-refractivity contribution in [2.45, 2.75) is 43.0 Å². The second-order valence-electron chi connectivity index (χ2n) is 7.67. The Bertz CT molecular complexity index is 784. The molecule has 150 valence electrons. The monoisotopic (exact) mass is 394 g/mol. The van der Waals surface area contributed by atoms with Crippen LogP contribution in [0.1, 0.15) is 42.5 Å². The molecule has 7 nitrogen and oxygen atoms in total. The summed E-state index contributed by atoms with van der Waals surface area (Å²) in [6.45, 7) is 2.15. The second kappa shape index (κ2) is 8.16. The maximum Gasteiger partial charge on any atom is 0.253 e. The molecule has 27 heavy (non-hydrogen) atoms. The minimum Gasteiger partial charge on any atom is -0.371 e. The van der Waals surface area contributed by atoms with Crippen molar-refractivity contribution in [3.8, 4) is 0 Å². The summed E-state index contributed by atoms with van der Waals surface area (Å²) >= 11 is 0. The fourth-order valence-corrected chi connectivity index (χ4v) is 4.52. The zero-order valence-corrected chi connectivity index (χ0v) is 17.0. The van der Waals surface area contributed by atoms with E-state index in [2.05, 4.69) is 10.2 Å². The maximum absolute atomic E-state index is 13.1. The van der Waals surface area contributed by atoms with Crippen LogP contribution in [0, 0.1) is 5.92 Å². The molecule has 1 aromatic carbocycles. The fraction of sp³-hybridized carbons (Fsp3) is 0.632. The van der Waals surface area contributed by atoms with Crippen molar-refractivity contribution in [1.29, 1.82) is 0 Å². The number of nitrogens with one attached hydrogen (secondary N) is 1. The van der Waals surface area contributed by atoms with E-state index in [4.69, 9.17) is 5.73 Å². The number of hydrogen-bond donors (Lipinski definition) is 2. The van der Waals surface area contributed by atoms with E-state index in [0.29, 0.717) is 18.0 Å². The molecule has 2 aliphatic rings. The smallest absolute Gasteiger partial charge is 0.253 e. The minimum absolute atomic E-state index is 0.0548. The predicted octanol–water partition coefficient (Wildman–Crippen LogP) is 1.39. The van der Waals surface area contributed by atoms with E-state index >= 15 is 0 Å². The molecule has 1 saturated heterocycles. The van der Waals surface area contributed by atoms with Gasteiger partial charge in [0.15, 0.2) is 0 Å². The molecule has 1 aromatic rings. The lowest BCUT2D eigenvalue weighted by Gasteiger charge is -2.31. The summed E-state index contributed by atoms with van der Waals surface area (Å²) in [5.41, 5.74) is 7.05. The number of piperidine rings is 1. The summed E-state index contributed by atoms with van der Waals surface area (Å²) < 4.78 is 26.3. The number of rotatable bonds is 7. The minimum atomic E-state index is -3.61. The van der Waals surface area contributed by atoms with Crippen LogP contribution >= 0.6 is 0 Å². The van der Waals surface area contributed by atoms with E-state index in [0.717, 1.165) is 48.8 Å². The SMILES string of the molecule is CN(C)S(=O)(=O)c1ccc(N2CCCCC2)c(C(=O)NC(CN)C2CC2)c1. The third kappa shape index (κ3) is 4.44. The molecule has 1 saturated carbocycles. The number of benzene rings is 1. The molecule has 0 aromatic heterocycles. The summed E-state index contributed by atoms with van der Waals surface area (Å²) in [5.74, 6) is 0.194. The Balaban J connectivity index is 1.96. The van der Waals surface area contributed by atoms with Gasteiger partial charge in [-0.05, 0) is 56.2 Å². The van der Waals surface area contributed by atoms with Crippen LogP contribution in [0.5, 0.6) is 0 Å². The summed E-state index contributed by atoms with van der Waals surface area (Å²) in [6, 6.07) is 4.82. The normalized spacial score (nSPS) is 19.2. The van der Waals surface area contributed by atoms with Crippen molar-refractivity contribution in [2.24, 2.45) is 11.7 Å². The summed E-state index contributed by atoms with van der Waals surface area (Å²) in [7, 11) is -0.626. The van der Waals surface area contributed by atoms with Crippen LogP contribution in [0.3, 0.4) is 0 Å². The van der Waals surface area contributed by atoms with Crippen LogP contribution in [-0.4, -0.2) is 58.4 Å². The average Bonchev–Trinajstić information content (AvgIpc) is 3.51. The zero-order valence-electron chi connectivity index (χ0n) is 16.1. The molecule has 1 aliphatic heterocycles. The highest BCUT2D eigenvalue weighted by molar-refractivity contribution is 7.89. The topological polar surface area (TPSA) is 95.7 Å². The second-order valence-corrected chi connectivity index (χ2v) is 9.82. The molecule has 3 N–H and O–H groups in total. The molecule has 0 spiro atoms. The number of carbonyl (C=O) groups excluding carboxylic acids is 1. The molecule has 3 rings (SSSR count). The van der Waals surface area contributed by atoms with Crippen molar-refractivity contribution in [2.75, 3.05) is 38.6 Å². The van der Waals surface area contributed by atoms with Crippen LogP contribution in [0.4, 0.5) is 5.69 Å². The standard InChI is InChI=1S/C19H30N4O3S/c1-22(2)27(25,26)15-8-9-18(23-10-4-3-5-11-23)16(12-15)19(24)21-17(13-20)14-6-7-14/h8-9,12,14,17H,3-7,10-11,13,20H2,1-2H3,(H,21,24). The van der Waals surface area contributed by atoms with E-state index in [1.165, 1.54) is 26.6 Å². The summed E-state index contributed by atoms with van der Waals surface area (Å²) in [4.78, 5) is 15.4. The Kier molecular flexibility index (Phi) is 6.08. The van der Waals surface area contributed by atoms with Crippen molar-refractivity contribution in [3.05, 3.63) is 23.8 Å². The molecule has 0 bridgehead atoms. The molecule has 0 radical (unpaired) electrons. The Labute approximate surface area is 161 Å². The number of anilines is 1. The van der Waals surface area contributed by atoms with Gasteiger partial charge in [0, 0.05) is 45.5 Å². The van der Waals surface area contributed by atoms with Gasteiger partial charge in [-0.2, -0.15) is 0 Å². The number of nitrogens with two attached hydrogens (primary N) is 1. The van der Waals surface area contributed by atoms with Gasteiger partial charge in [-0.3, -0.25) is 4.79 Å². The highest BCUT2D eigenvalue weighted by Gasteiger charge is 2.32. The van der Waals surface area contributed by atoms with Crippen LogP contribution in [0.2, 0.25) is 0 Å². The van der Waals surface area contributed by atoms with E-state index in [9.17, 15) is 13.2 Å². The van der Waals surface area contributed by atoms with Crippen molar-refractivity contribution >= 4 is 21.6 Å². The van der Waals surface area contributed by atoms with Crippen molar-refractivity contribution < 1.29 is 13.2 Å². The van der Waals surface area contributed by atoms with Gasteiger partial charge in [0.1, 0.15) is 0 Å². The summed E-state index contributed by atoms with van der Waals surface area (Å²) in [5, 5.41) is 3.03. The average molecular weight is 395 g/mol. The molecule has 1 aliphatic carbocycles. The first-order chi connectivity index (χ1) is 12.8. The third-order valence-corrected chi connectivity index (χ3v) is 7.26. The number of hydrogen-bond acceptors (Lipinski definition) is 5. The maximum atomic E-state index is 13.1. The van der Waals surface area contributed by atoms with Gasteiger partial charge in [-0.15, -0.1) is 0 Å². The molecule has 1 unspecified atom stereocenters. The van der Waals surface area contributed by atoms with Gasteiger partial charge in [-0.1, -0.05) is 0 Å². The van der Waals surface area contributed by atoms with E-state index in [1.807, 2.05) is 0 Å². The number of sulfonamides is 1. The predicted molar refractivity (Wildman–Crippen MR) is 106 cm³/mol. The summed E-state index contributed by atoms with van der Waals surface area (Å²) in [6.07, 6.45) is 5.49. The lowest BCUT2D eigenvalue weighted by molar-refractivity contribution is 0.0933. The van der Waals surface area contributed by atoms with E-state index in [1.54, 1.807) is 12.1 Å². The van der Waals surface area contributed by atoms with Gasteiger partial charge in [0.25, 0.3) is 5.91 Å². The quantitative estimate of drug-likeness (QED) is 0.729. The molecular formula is C19H30N4O3S. The van der Waals surface area contributed by atoms with Crippen molar-refractivity contribution in [3.63, 3.8) is 0 Å². The van der Waals surface area contributed by atoms with Crippen LogP contribution in [-0.2, 0) is 10.0 Å². The van der Waals surface area contributed by atoms with Gasteiger partial charge in [0.2, 0.25) is 10.0 Å². The zero-order chi connectivity index (χ0) is 19.6. The largest absolute Gasteiger partial charge is 0.371 e. The Morgan fingerprint density at radius 1 is 1.26 bits per heavy atom. The van der Waals surface area contributed by atoms with E-state index in [-0.39, 0.29) is 16.8 Å². The van der Waals surface area contributed by atoms with Gasteiger partial charge < -0.3 is 16.0 Å². The Morgan fingerprint density at radius 2 is 1.93 bits per heavy atom. The lowest BCUT2D eigenvalue weighted by Crippen LogP contribution is -2.42. The first-order valence-corrected chi connectivity index (χ1v) is 11.1. The van der Waals surface area contributed by atoms with Crippen LogP contribution in [0.15, 0.2) is 23.1 Å². The molecule has 1 amide bonds. The Morgan fingerprint density at radius 3 is 2.48 bits per heavy atom. The lowest BCUT2D eigenvalue weighted by atomic mass is 10.1. The first kappa shape index (κ1) is 20.1. The molecule has 8 heteroatoms. The van der Waals surface area contributed by atoms with Gasteiger partial charge >= 0.3 is 0 Å². The van der Waals surface area contributed by atoms with Gasteiger partial charge in [0.05, 0.1) is 10.5 Å². The van der Waals surface area contributed by atoms with Gasteiger partial charge in [-0.25, -0.2) is 12.7 Å². The number of nitrogens with zero attached hydrogens (tertiary/aromatic N) is 2. The van der Waals surface area contributed by atoms with E-state index < -0.39 is 10.0 Å². The van der Waals surface area contributed by atoms with Crippen LogP contribution < -0.4 is 16.0 Å². The molecule has 1 atom stereocenters. The molecule has 1 heterocycles. The van der Waals surface area contributed by atoms with Crippen LogP contribution in [0.25, 0.3) is 0 Å². The molecular weight excluding hydrogens is 364 g/mol. The third-order valence-electron chi connectivity index (χ3n) is 5.45. The first-order valence-electron chi connectivity index (χ1n) is 9.67. The van der Waals surface area contributed by atoms with Crippen molar-refractivity contribution in [1.82, 2.24) is 9.62 Å². The highest BCUT2D eigenvalue weighted by Crippen LogP contribution is 2.33. The highest BCUT2D eigenvalue weighted by atomic mass is 32.2. The molecule has 2 fully saturated rings. The Hall–Kier alpha value is -1.64. The number of carbonyl (C=O) groups is 1.